The van der Waals surface area contributed by atoms with Crippen LogP contribution in [0, 0.1) is 17.8 Å². The van der Waals surface area contributed by atoms with Gasteiger partial charge in [0.05, 0.1) is 48.2 Å². The minimum atomic E-state index is -0.554. The summed E-state index contributed by atoms with van der Waals surface area (Å²) in [7, 11) is 0. The van der Waals surface area contributed by atoms with Gasteiger partial charge in [-0.25, -0.2) is 0 Å². The number of allylic oxidation sites excluding steroid dienone is 1. The Balaban J connectivity index is 1.15. The highest BCUT2D eigenvalue weighted by Gasteiger charge is 2.56. The average Bonchev–Trinajstić information content (AvgIpc) is 3.48. The molecule has 2 aromatic heterocycles. The van der Waals surface area contributed by atoms with Crippen molar-refractivity contribution in [2.24, 2.45) is 17.8 Å². The summed E-state index contributed by atoms with van der Waals surface area (Å²) in [4.78, 5) is 32.6. The van der Waals surface area contributed by atoms with Crippen LogP contribution in [-0.2, 0) is 27.2 Å². The Morgan fingerprint density at radius 1 is 1.16 bits per heavy atom. The van der Waals surface area contributed by atoms with Crippen LogP contribution in [0.3, 0.4) is 0 Å². The molecule has 9 nitrogen and oxygen atoms in total. The van der Waals surface area contributed by atoms with Crippen LogP contribution in [0.5, 0.6) is 0 Å². The third kappa shape index (κ3) is 4.11. The van der Waals surface area contributed by atoms with E-state index < -0.39 is 17.3 Å². The first kappa shape index (κ1) is 23.5. The van der Waals surface area contributed by atoms with Crippen molar-refractivity contribution in [3.63, 3.8) is 0 Å². The van der Waals surface area contributed by atoms with Gasteiger partial charge in [0.25, 0.3) is 5.91 Å². The van der Waals surface area contributed by atoms with Crippen LogP contribution >= 0.6 is 0 Å². The average molecular weight is 506 g/mol. The van der Waals surface area contributed by atoms with Crippen molar-refractivity contribution >= 4 is 28.7 Å². The standard InChI is InChI=1S/C28H35N5O4/c34-24(27(35)29-4-5-32-6-8-37-9-7-32)12-23-21-16-30-22-3-1-2-20(22)26(21)33(31-23)25-18-10-17-11-19(25)15-28(36,13-17)14-18/h1-2,16-19,25,36H,3-15H2,(H,29,35)/t17?,18-,19+,25?,28?. The van der Waals surface area contributed by atoms with Crippen LogP contribution < -0.4 is 5.32 Å². The zero-order valence-corrected chi connectivity index (χ0v) is 21.2. The van der Waals surface area contributed by atoms with Crippen LogP contribution in [0.2, 0.25) is 0 Å². The maximum absolute atomic E-state index is 13.0. The molecular weight excluding hydrogens is 470 g/mol. The fourth-order valence-corrected chi connectivity index (χ4v) is 8.06. The number of hydrogen-bond donors (Lipinski definition) is 2. The number of aliphatic hydroxyl groups is 1. The van der Waals surface area contributed by atoms with E-state index in [0.717, 1.165) is 73.8 Å². The number of ketones is 1. The quantitative estimate of drug-likeness (QED) is 0.551. The second kappa shape index (κ2) is 8.99. The Kier molecular flexibility index (Phi) is 5.71. The van der Waals surface area contributed by atoms with Crippen LogP contribution in [0.1, 0.15) is 55.1 Å². The molecule has 5 aliphatic carbocycles. The van der Waals surface area contributed by atoms with E-state index in [1.54, 1.807) is 0 Å². The van der Waals surface area contributed by atoms with Gasteiger partial charge in [0.2, 0.25) is 5.78 Å². The van der Waals surface area contributed by atoms with Crippen LogP contribution in [-0.4, -0.2) is 81.5 Å². The second-order valence-corrected chi connectivity index (χ2v) is 11.9. The van der Waals surface area contributed by atoms with E-state index in [1.165, 1.54) is 0 Å². The first-order valence-electron chi connectivity index (χ1n) is 13.9. The second-order valence-electron chi connectivity index (χ2n) is 11.9. The predicted molar refractivity (Wildman–Crippen MR) is 137 cm³/mol. The maximum Gasteiger partial charge on any atom is 0.287 e. The molecule has 196 valence electrons. The SMILES string of the molecule is O=C(Cc1nn(C2[C@@H]3CC4C[C@H]2CC(O)(C4)C3)c2c3c(ncc12)CC=C3)C(=O)NCCN1CCOCC1. The van der Waals surface area contributed by atoms with E-state index >= 15 is 0 Å². The first-order chi connectivity index (χ1) is 18.0. The number of aromatic nitrogens is 3. The van der Waals surface area contributed by atoms with E-state index in [2.05, 4.69) is 32.0 Å². The number of ether oxygens (including phenoxy) is 1. The lowest BCUT2D eigenvalue weighted by molar-refractivity contribution is -0.148. The number of fused-ring (bicyclic) bond motifs is 3. The van der Waals surface area contributed by atoms with Crippen LogP contribution in [0.15, 0.2) is 12.3 Å². The molecule has 2 aromatic rings. The summed E-state index contributed by atoms with van der Waals surface area (Å²) in [6.45, 7) is 4.26. The Hall–Kier alpha value is -2.62. The molecule has 4 bridgehead atoms. The summed E-state index contributed by atoms with van der Waals surface area (Å²) in [6.07, 6.45) is 11.7. The van der Waals surface area contributed by atoms with Crippen molar-refractivity contribution in [2.75, 3.05) is 39.4 Å². The van der Waals surface area contributed by atoms with E-state index in [-0.39, 0.29) is 12.5 Å². The third-order valence-corrected chi connectivity index (χ3v) is 9.41. The topological polar surface area (TPSA) is 110 Å². The Labute approximate surface area is 216 Å². The van der Waals surface area contributed by atoms with Gasteiger partial charge in [-0.05, 0) is 49.9 Å². The molecule has 2 N–H and O–H groups in total. The fraction of sp³-hybridized carbons (Fsp3) is 0.643. The number of carbonyl (C=O) groups is 2. The Morgan fingerprint density at radius 2 is 1.95 bits per heavy atom. The number of morpholine rings is 1. The third-order valence-electron chi connectivity index (χ3n) is 9.41. The maximum atomic E-state index is 13.0. The van der Waals surface area contributed by atoms with E-state index in [9.17, 15) is 14.7 Å². The molecule has 0 radical (unpaired) electrons. The molecule has 9 heteroatoms. The lowest BCUT2D eigenvalue weighted by Crippen LogP contribution is -2.55. The van der Waals surface area contributed by atoms with Crippen molar-refractivity contribution in [2.45, 2.75) is 56.6 Å². The summed E-state index contributed by atoms with van der Waals surface area (Å²) in [6, 6.07) is 0.214. The molecule has 1 amide bonds. The summed E-state index contributed by atoms with van der Waals surface area (Å²) < 4.78 is 7.53. The number of Topliss-reactive ketones (excluding diaryl/α,β-unsaturated/α-hetero) is 1. The van der Waals surface area contributed by atoms with E-state index in [4.69, 9.17) is 9.84 Å². The van der Waals surface area contributed by atoms with Crippen molar-refractivity contribution in [1.29, 1.82) is 0 Å². The molecule has 0 aromatic carbocycles. The highest BCUT2D eigenvalue weighted by molar-refractivity contribution is 6.36. The molecule has 8 rings (SSSR count). The monoisotopic (exact) mass is 505 g/mol. The minimum Gasteiger partial charge on any atom is -0.390 e. The van der Waals surface area contributed by atoms with Crippen LogP contribution in [0.25, 0.3) is 17.0 Å². The normalized spacial score (nSPS) is 32.2. The molecule has 5 atom stereocenters. The summed E-state index contributed by atoms with van der Waals surface area (Å²) in [5.41, 5.74) is 3.28. The van der Waals surface area contributed by atoms with E-state index in [1.807, 2.05) is 6.20 Å². The Bertz CT molecular complexity index is 1260. The van der Waals surface area contributed by atoms with Crippen molar-refractivity contribution < 1.29 is 19.4 Å². The molecule has 1 aliphatic heterocycles. The van der Waals surface area contributed by atoms with Gasteiger partial charge in [0, 0.05) is 49.7 Å². The number of nitrogens with one attached hydrogen (secondary N) is 1. The summed E-state index contributed by atoms with van der Waals surface area (Å²) in [5.74, 6) is 0.363. The highest BCUT2D eigenvalue weighted by atomic mass is 16.5. The molecule has 5 fully saturated rings. The van der Waals surface area contributed by atoms with Gasteiger partial charge in [-0.1, -0.05) is 12.2 Å². The van der Waals surface area contributed by atoms with Crippen LogP contribution in [0.4, 0.5) is 0 Å². The van der Waals surface area contributed by atoms with E-state index in [0.29, 0.717) is 49.8 Å². The molecule has 0 spiro atoms. The van der Waals surface area contributed by atoms with Gasteiger partial charge in [-0.15, -0.1) is 0 Å². The lowest BCUT2D eigenvalue weighted by atomic mass is 9.52. The number of nitrogens with zero attached hydrogens (tertiary/aromatic N) is 4. The number of amides is 1. The smallest absolute Gasteiger partial charge is 0.287 e. The van der Waals surface area contributed by atoms with Crippen molar-refractivity contribution in [3.05, 3.63) is 29.2 Å². The van der Waals surface area contributed by atoms with Crippen molar-refractivity contribution in [1.82, 2.24) is 25.0 Å². The van der Waals surface area contributed by atoms with Gasteiger partial charge in [0.15, 0.2) is 0 Å². The zero-order chi connectivity index (χ0) is 25.1. The lowest BCUT2D eigenvalue weighted by Gasteiger charge is -2.58. The fourth-order valence-electron chi connectivity index (χ4n) is 8.06. The molecule has 4 saturated carbocycles. The van der Waals surface area contributed by atoms with Gasteiger partial charge in [0.1, 0.15) is 0 Å². The molecule has 3 unspecified atom stereocenters. The first-order valence-corrected chi connectivity index (χ1v) is 13.9. The predicted octanol–water partition coefficient (Wildman–Crippen LogP) is 1.67. The van der Waals surface area contributed by atoms with Gasteiger partial charge < -0.3 is 15.2 Å². The largest absolute Gasteiger partial charge is 0.390 e. The summed E-state index contributed by atoms with van der Waals surface area (Å²) >= 11 is 0. The molecule has 3 heterocycles. The van der Waals surface area contributed by atoms with Gasteiger partial charge in [-0.3, -0.25) is 24.2 Å². The molecule has 37 heavy (non-hydrogen) atoms. The summed E-state index contributed by atoms with van der Waals surface area (Å²) in [5, 5.41) is 19.8. The van der Waals surface area contributed by atoms with Gasteiger partial charge >= 0.3 is 0 Å². The van der Waals surface area contributed by atoms with Crippen molar-refractivity contribution in [3.8, 4) is 0 Å². The number of rotatable bonds is 7. The molecule has 6 aliphatic rings. The zero-order valence-electron chi connectivity index (χ0n) is 21.2. The number of carbonyl (C=O) groups excluding carboxylic acids is 2. The Morgan fingerprint density at radius 3 is 2.70 bits per heavy atom. The molecular formula is C28H35N5O4. The highest BCUT2D eigenvalue weighted by Crippen LogP contribution is 2.60. The number of pyridine rings is 1. The van der Waals surface area contributed by atoms with Gasteiger partial charge in [-0.2, -0.15) is 5.10 Å². The molecule has 1 saturated heterocycles. The minimum absolute atomic E-state index is 0.0360. The number of hydrogen-bond acceptors (Lipinski definition) is 7.